The quantitative estimate of drug-likeness (QED) is 0.750. The van der Waals surface area contributed by atoms with E-state index in [1.165, 1.54) is 6.42 Å². The molecule has 0 unspecified atom stereocenters. The van der Waals surface area contributed by atoms with Crippen LogP contribution in [0.3, 0.4) is 0 Å². The van der Waals surface area contributed by atoms with Gasteiger partial charge in [-0.15, -0.1) is 6.58 Å². The van der Waals surface area contributed by atoms with Crippen LogP contribution in [0.5, 0.6) is 0 Å². The smallest absolute Gasteiger partial charge is 0.207 e. The first-order valence-electron chi connectivity index (χ1n) is 7.81. The van der Waals surface area contributed by atoms with E-state index in [0.717, 1.165) is 37.7 Å². The maximum Gasteiger partial charge on any atom is 0.243 e. The topological polar surface area (TPSA) is 37.4 Å². The first-order valence-corrected chi connectivity index (χ1v) is 9.25. The first-order chi connectivity index (χ1) is 10.1. The molecule has 116 valence electrons. The molecule has 0 atom stereocenters. The number of sulfonamides is 1. The van der Waals surface area contributed by atoms with Crippen molar-refractivity contribution in [3.63, 3.8) is 0 Å². The van der Waals surface area contributed by atoms with Crippen molar-refractivity contribution in [2.24, 2.45) is 0 Å². The summed E-state index contributed by atoms with van der Waals surface area (Å²) < 4.78 is 27.4. The molecule has 0 N–H and O–H groups in total. The van der Waals surface area contributed by atoms with Gasteiger partial charge < -0.3 is 0 Å². The normalized spacial score (nSPS) is 17.0. The largest absolute Gasteiger partial charge is 0.243 e. The van der Waals surface area contributed by atoms with Crippen molar-refractivity contribution < 1.29 is 8.42 Å². The molecule has 0 amide bonds. The number of benzene rings is 1. The molecule has 0 aromatic heterocycles. The zero-order valence-electron chi connectivity index (χ0n) is 12.8. The molecule has 0 radical (unpaired) electrons. The van der Waals surface area contributed by atoms with Crippen molar-refractivity contribution in [3.05, 3.63) is 42.5 Å². The highest BCUT2D eigenvalue weighted by atomic mass is 32.2. The molecule has 0 aliphatic heterocycles. The summed E-state index contributed by atoms with van der Waals surface area (Å²) in [5.41, 5.74) is 1.15. The minimum absolute atomic E-state index is 0.118. The standard InChI is InChI=1S/C17H25NO2S/c1-3-14-18(16-8-6-5-7-9-16)21(19,20)17-12-10-15(4-2)11-13-17/h3,10-13,16H,1,4-9,14H2,2H3. The molecule has 1 saturated carbocycles. The van der Waals surface area contributed by atoms with E-state index in [0.29, 0.717) is 11.4 Å². The molecule has 4 heteroatoms. The van der Waals surface area contributed by atoms with Crippen LogP contribution in [0.25, 0.3) is 0 Å². The van der Waals surface area contributed by atoms with E-state index in [4.69, 9.17) is 0 Å². The number of rotatable bonds is 6. The van der Waals surface area contributed by atoms with Crippen molar-refractivity contribution in [1.29, 1.82) is 0 Å². The van der Waals surface area contributed by atoms with Crippen LogP contribution in [0, 0.1) is 0 Å². The number of hydrogen-bond acceptors (Lipinski definition) is 2. The van der Waals surface area contributed by atoms with Crippen LogP contribution in [-0.2, 0) is 16.4 Å². The first kappa shape index (κ1) is 16.2. The van der Waals surface area contributed by atoms with Crippen molar-refractivity contribution in [3.8, 4) is 0 Å². The van der Waals surface area contributed by atoms with E-state index in [2.05, 4.69) is 13.5 Å². The second-order valence-electron chi connectivity index (χ2n) is 5.65. The molecule has 0 saturated heterocycles. The van der Waals surface area contributed by atoms with Crippen molar-refractivity contribution in [2.45, 2.75) is 56.4 Å². The Balaban J connectivity index is 2.29. The van der Waals surface area contributed by atoms with Gasteiger partial charge >= 0.3 is 0 Å². The van der Waals surface area contributed by atoms with Gasteiger partial charge in [-0.05, 0) is 37.0 Å². The third-order valence-corrected chi connectivity index (χ3v) is 6.16. The van der Waals surface area contributed by atoms with Gasteiger partial charge in [0.25, 0.3) is 0 Å². The van der Waals surface area contributed by atoms with Gasteiger partial charge in [0.1, 0.15) is 0 Å². The van der Waals surface area contributed by atoms with Gasteiger partial charge in [0.15, 0.2) is 0 Å². The summed E-state index contributed by atoms with van der Waals surface area (Å²) in [5, 5.41) is 0. The van der Waals surface area contributed by atoms with E-state index >= 15 is 0 Å². The highest BCUT2D eigenvalue weighted by Gasteiger charge is 2.31. The summed E-state index contributed by atoms with van der Waals surface area (Å²) in [6.45, 7) is 6.18. The maximum atomic E-state index is 12.9. The monoisotopic (exact) mass is 307 g/mol. The second kappa shape index (κ2) is 7.23. The molecule has 0 bridgehead atoms. The fraction of sp³-hybridized carbons (Fsp3) is 0.529. The Kier molecular flexibility index (Phi) is 5.59. The molecule has 2 rings (SSSR count). The van der Waals surface area contributed by atoms with Gasteiger partial charge in [-0.1, -0.05) is 44.4 Å². The fourth-order valence-electron chi connectivity index (χ4n) is 2.97. The van der Waals surface area contributed by atoms with E-state index in [-0.39, 0.29) is 6.04 Å². The Morgan fingerprint density at radius 2 is 1.81 bits per heavy atom. The molecule has 1 aromatic carbocycles. The van der Waals surface area contributed by atoms with Crippen molar-refractivity contribution in [1.82, 2.24) is 4.31 Å². The van der Waals surface area contributed by atoms with Gasteiger partial charge in [-0.25, -0.2) is 8.42 Å². The highest BCUT2D eigenvalue weighted by Crippen LogP contribution is 2.27. The summed E-state index contributed by atoms with van der Waals surface area (Å²) in [7, 11) is -3.43. The predicted octanol–water partition coefficient (Wildman–Crippen LogP) is 3.76. The third-order valence-electron chi connectivity index (χ3n) is 4.23. The predicted molar refractivity (Wildman–Crippen MR) is 86.8 cm³/mol. The Labute approximate surface area is 128 Å². The Morgan fingerprint density at radius 3 is 2.33 bits per heavy atom. The SMILES string of the molecule is C=CCN(C1CCCCC1)S(=O)(=O)c1ccc(CC)cc1. The van der Waals surface area contributed by atoms with E-state index < -0.39 is 10.0 Å². The Morgan fingerprint density at radius 1 is 1.19 bits per heavy atom. The van der Waals surface area contributed by atoms with Crippen molar-refractivity contribution >= 4 is 10.0 Å². The van der Waals surface area contributed by atoms with E-state index in [1.54, 1.807) is 22.5 Å². The molecule has 3 nitrogen and oxygen atoms in total. The minimum atomic E-state index is -3.43. The van der Waals surface area contributed by atoms with Crippen LogP contribution in [-0.4, -0.2) is 25.3 Å². The average Bonchev–Trinajstić information content (AvgIpc) is 2.53. The van der Waals surface area contributed by atoms with Gasteiger partial charge in [0, 0.05) is 12.6 Å². The van der Waals surface area contributed by atoms with Crippen LogP contribution in [0.1, 0.15) is 44.6 Å². The molecular formula is C17H25NO2S. The lowest BCUT2D eigenvalue weighted by molar-refractivity contribution is 0.269. The van der Waals surface area contributed by atoms with E-state index in [9.17, 15) is 8.42 Å². The summed E-state index contributed by atoms with van der Waals surface area (Å²) in [6.07, 6.45) is 7.96. The maximum absolute atomic E-state index is 12.9. The zero-order valence-corrected chi connectivity index (χ0v) is 13.6. The summed E-state index contributed by atoms with van der Waals surface area (Å²) >= 11 is 0. The Bertz CT molecular complexity index is 557. The van der Waals surface area contributed by atoms with Gasteiger partial charge in [-0.3, -0.25) is 0 Å². The van der Waals surface area contributed by atoms with E-state index in [1.807, 2.05) is 12.1 Å². The molecule has 1 aromatic rings. The molecule has 1 aliphatic rings. The number of nitrogens with zero attached hydrogens (tertiary/aromatic N) is 1. The minimum Gasteiger partial charge on any atom is -0.207 e. The Hall–Kier alpha value is -1.13. The molecule has 0 heterocycles. The van der Waals surface area contributed by atoms with Crippen LogP contribution in [0.4, 0.5) is 0 Å². The lowest BCUT2D eigenvalue weighted by Gasteiger charge is -2.32. The second-order valence-corrected chi connectivity index (χ2v) is 7.54. The van der Waals surface area contributed by atoms with Gasteiger partial charge in [-0.2, -0.15) is 4.31 Å². The molecule has 1 aliphatic carbocycles. The third kappa shape index (κ3) is 3.74. The van der Waals surface area contributed by atoms with Crippen LogP contribution < -0.4 is 0 Å². The van der Waals surface area contributed by atoms with Crippen LogP contribution in [0.2, 0.25) is 0 Å². The van der Waals surface area contributed by atoms with Gasteiger partial charge in [0.2, 0.25) is 10.0 Å². The number of hydrogen-bond donors (Lipinski definition) is 0. The summed E-state index contributed by atoms with van der Waals surface area (Å²) in [5.74, 6) is 0. The fourth-order valence-corrected chi connectivity index (χ4v) is 4.63. The summed E-state index contributed by atoms with van der Waals surface area (Å²) in [4.78, 5) is 0.395. The number of aryl methyl sites for hydroxylation is 1. The molecule has 1 fully saturated rings. The highest BCUT2D eigenvalue weighted by molar-refractivity contribution is 7.89. The van der Waals surface area contributed by atoms with Crippen LogP contribution >= 0.6 is 0 Å². The summed E-state index contributed by atoms with van der Waals surface area (Å²) in [6, 6.07) is 7.38. The lowest BCUT2D eigenvalue weighted by Crippen LogP contribution is -2.41. The van der Waals surface area contributed by atoms with Gasteiger partial charge in [0.05, 0.1) is 4.90 Å². The van der Waals surface area contributed by atoms with Crippen LogP contribution in [0.15, 0.2) is 41.8 Å². The molecule has 21 heavy (non-hydrogen) atoms. The molecule has 0 spiro atoms. The zero-order chi connectivity index (χ0) is 15.3. The molecular weight excluding hydrogens is 282 g/mol. The van der Waals surface area contributed by atoms with Crippen molar-refractivity contribution in [2.75, 3.05) is 6.54 Å². The lowest BCUT2D eigenvalue weighted by atomic mass is 9.95. The average molecular weight is 307 g/mol.